The summed E-state index contributed by atoms with van der Waals surface area (Å²) < 4.78 is 14.7. The van der Waals surface area contributed by atoms with Crippen molar-refractivity contribution in [3.63, 3.8) is 0 Å². The standard InChI is InChI=1S/C21H19FN6O2/c22-13-7-8-16-17(12-13)24-20(23-16)18-6-3-10-27(18)19(29)9-11-28-21(30)14-4-1-2-5-15(14)25-26-28/h1-2,4-5,7-8,12,18H,3,6,9-11H2,(H,23,24). The van der Waals surface area contributed by atoms with Gasteiger partial charge in [0.2, 0.25) is 5.91 Å². The summed E-state index contributed by atoms with van der Waals surface area (Å²) in [6.45, 7) is 0.775. The Kier molecular flexibility index (Phi) is 4.50. The summed E-state index contributed by atoms with van der Waals surface area (Å²) in [5, 5.41) is 8.48. The summed E-state index contributed by atoms with van der Waals surface area (Å²) in [4.78, 5) is 34.9. The van der Waals surface area contributed by atoms with Crippen molar-refractivity contribution in [2.75, 3.05) is 6.54 Å². The van der Waals surface area contributed by atoms with Gasteiger partial charge in [-0.25, -0.2) is 14.1 Å². The smallest absolute Gasteiger partial charge is 0.277 e. The molecule has 0 bridgehead atoms. The van der Waals surface area contributed by atoms with Crippen LogP contribution in [0.5, 0.6) is 0 Å². The molecule has 4 aromatic rings. The highest BCUT2D eigenvalue weighted by Crippen LogP contribution is 2.32. The van der Waals surface area contributed by atoms with Gasteiger partial charge in [-0.15, -0.1) is 5.10 Å². The Balaban J connectivity index is 1.34. The van der Waals surface area contributed by atoms with Crippen molar-refractivity contribution in [2.24, 2.45) is 0 Å². The molecule has 1 N–H and O–H groups in total. The van der Waals surface area contributed by atoms with Gasteiger partial charge in [0, 0.05) is 13.0 Å². The van der Waals surface area contributed by atoms with E-state index in [0.29, 0.717) is 34.3 Å². The summed E-state index contributed by atoms with van der Waals surface area (Å²) >= 11 is 0. The number of aromatic nitrogens is 5. The molecule has 1 aliphatic rings. The second-order valence-corrected chi connectivity index (χ2v) is 7.41. The lowest BCUT2D eigenvalue weighted by atomic mass is 10.2. The summed E-state index contributed by atoms with van der Waals surface area (Å²) in [5.41, 5.74) is 1.56. The number of fused-ring (bicyclic) bond motifs is 2. The molecule has 2 aromatic carbocycles. The Hall–Kier alpha value is -3.62. The first-order valence-corrected chi connectivity index (χ1v) is 9.87. The topological polar surface area (TPSA) is 96.8 Å². The van der Waals surface area contributed by atoms with Gasteiger partial charge in [0.1, 0.15) is 17.2 Å². The van der Waals surface area contributed by atoms with Crippen molar-refractivity contribution < 1.29 is 9.18 Å². The first-order chi connectivity index (χ1) is 14.6. The van der Waals surface area contributed by atoms with E-state index in [-0.39, 0.29) is 36.3 Å². The lowest BCUT2D eigenvalue weighted by molar-refractivity contribution is -0.132. The first kappa shape index (κ1) is 18.4. The summed E-state index contributed by atoms with van der Waals surface area (Å²) in [6, 6.07) is 11.2. The van der Waals surface area contributed by atoms with Gasteiger partial charge in [-0.1, -0.05) is 17.3 Å². The minimum atomic E-state index is -0.334. The van der Waals surface area contributed by atoms with Gasteiger partial charge in [0.15, 0.2) is 0 Å². The van der Waals surface area contributed by atoms with Crippen LogP contribution < -0.4 is 5.56 Å². The van der Waals surface area contributed by atoms with Crippen LogP contribution in [0.3, 0.4) is 0 Å². The van der Waals surface area contributed by atoms with Crippen LogP contribution in [0.15, 0.2) is 47.3 Å². The second kappa shape index (κ2) is 7.33. The third-order valence-corrected chi connectivity index (χ3v) is 5.52. The number of imidazole rings is 1. The largest absolute Gasteiger partial charge is 0.340 e. The van der Waals surface area contributed by atoms with Crippen molar-refractivity contribution in [1.82, 2.24) is 29.9 Å². The number of carbonyl (C=O) groups is 1. The number of benzene rings is 2. The van der Waals surface area contributed by atoms with Crippen LogP contribution in [0.4, 0.5) is 4.39 Å². The van der Waals surface area contributed by atoms with Crippen molar-refractivity contribution >= 4 is 27.8 Å². The zero-order chi connectivity index (χ0) is 20.7. The average molecular weight is 406 g/mol. The zero-order valence-electron chi connectivity index (χ0n) is 16.1. The molecular formula is C21H19FN6O2. The number of aryl methyl sites for hydroxylation is 1. The van der Waals surface area contributed by atoms with E-state index in [4.69, 9.17) is 0 Å². The predicted octanol–water partition coefficient (Wildman–Crippen LogP) is 2.56. The highest BCUT2D eigenvalue weighted by atomic mass is 19.1. The van der Waals surface area contributed by atoms with E-state index >= 15 is 0 Å². The number of nitrogens with one attached hydrogen (secondary N) is 1. The van der Waals surface area contributed by atoms with Crippen LogP contribution in [-0.4, -0.2) is 42.3 Å². The number of amides is 1. The Morgan fingerprint density at radius 3 is 2.97 bits per heavy atom. The molecule has 0 aliphatic carbocycles. The number of hydrogen-bond acceptors (Lipinski definition) is 5. The number of likely N-dealkylation sites (tertiary alicyclic amines) is 1. The fourth-order valence-electron chi connectivity index (χ4n) is 4.02. The monoisotopic (exact) mass is 406 g/mol. The van der Waals surface area contributed by atoms with E-state index in [2.05, 4.69) is 20.3 Å². The molecule has 0 spiro atoms. The van der Waals surface area contributed by atoms with E-state index in [0.717, 1.165) is 12.8 Å². The number of hydrogen-bond donors (Lipinski definition) is 1. The van der Waals surface area contributed by atoms with E-state index in [9.17, 15) is 14.0 Å². The lowest BCUT2D eigenvalue weighted by Gasteiger charge is -2.23. The highest BCUT2D eigenvalue weighted by Gasteiger charge is 2.32. The molecule has 1 saturated heterocycles. The number of H-pyrrole nitrogens is 1. The average Bonchev–Trinajstić information content (AvgIpc) is 3.40. The SMILES string of the molecule is O=C(CCn1nnc2ccccc2c1=O)N1CCCC1c1nc2ccc(F)cc2[nH]1. The molecule has 0 radical (unpaired) electrons. The molecular weight excluding hydrogens is 387 g/mol. The summed E-state index contributed by atoms with van der Waals surface area (Å²) in [6.07, 6.45) is 1.78. The maximum atomic E-state index is 13.5. The highest BCUT2D eigenvalue weighted by molar-refractivity contribution is 5.78. The maximum Gasteiger partial charge on any atom is 0.277 e. The Labute approximate surface area is 170 Å². The normalized spacial score (nSPS) is 16.6. The number of nitrogens with zero attached hydrogens (tertiary/aromatic N) is 5. The zero-order valence-corrected chi connectivity index (χ0v) is 16.1. The minimum Gasteiger partial charge on any atom is -0.340 e. The third kappa shape index (κ3) is 3.22. The van der Waals surface area contributed by atoms with Gasteiger partial charge >= 0.3 is 0 Å². The summed E-state index contributed by atoms with van der Waals surface area (Å²) in [7, 11) is 0. The molecule has 1 unspecified atom stereocenters. The molecule has 8 nitrogen and oxygen atoms in total. The third-order valence-electron chi connectivity index (χ3n) is 5.52. The quantitative estimate of drug-likeness (QED) is 0.562. The van der Waals surface area contributed by atoms with Crippen LogP contribution in [0.25, 0.3) is 21.9 Å². The van der Waals surface area contributed by atoms with Gasteiger partial charge in [-0.2, -0.15) is 0 Å². The van der Waals surface area contributed by atoms with Crippen molar-refractivity contribution in [3.8, 4) is 0 Å². The number of carbonyl (C=O) groups excluding carboxylic acids is 1. The van der Waals surface area contributed by atoms with Crippen molar-refractivity contribution in [1.29, 1.82) is 0 Å². The molecule has 30 heavy (non-hydrogen) atoms. The molecule has 1 aliphatic heterocycles. The number of rotatable bonds is 4. The Morgan fingerprint density at radius 1 is 1.20 bits per heavy atom. The molecule has 2 aromatic heterocycles. The van der Waals surface area contributed by atoms with E-state index in [1.807, 2.05) is 0 Å². The number of aromatic amines is 1. The van der Waals surface area contributed by atoms with Gasteiger partial charge in [0.25, 0.3) is 5.56 Å². The van der Waals surface area contributed by atoms with Crippen LogP contribution >= 0.6 is 0 Å². The second-order valence-electron chi connectivity index (χ2n) is 7.41. The fraction of sp³-hybridized carbons (Fsp3) is 0.286. The van der Waals surface area contributed by atoms with Crippen LogP contribution in [-0.2, 0) is 11.3 Å². The molecule has 152 valence electrons. The molecule has 0 saturated carbocycles. The maximum absolute atomic E-state index is 13.5. The predicted molar refractivity (Wildman–Crippen MR) is 108 cm³/mol. The molecule has 3 heterocycles. The van der Waals surface area contributed by atoms with Gasteiger partial charge in [0.05, 0.1) is 29.0 Å². The van der Waals surface area contributed by atoms with Gasteiger partial charge in [-0.3, -0.25) is 9.59 Å². The Morgan fingerprint density at radius 2 is 2.07 bits per heavy atom. The van der Waals surface area contributed by atoms with Crippen molar-refractivity contribution in [3.05, 3.63) is 64.5 Å². The molecule has 1 amide bonds. The van der Waals surface area contributed by atoms with Gasteiger partial charge in [-0.05, 0) is 43.2 Å². The molecule has 5 rings (SSSR count). The summed E-state index contributed by atoms with van der Waals surface area (Å²) in [5.74, 6) is 0.245. The van der Waals surface area contributed by atoms with Crippen LogP contribution in [0.2, 0.25) is 0 Å². The molecule has 1 atom stereocenters. The minimum absolute atomic E-state index is 0.0778. The number of halogens is 1. The van der Waals surface area contributed by atoms with Crippen molar-refractivity contribution in [2.45, 2.75) is 31.8 Å². The molecule has 9 heteroatoms. The van der Waals surface area contributed by atoms with Crippen LogP contribution in [0, 0.1) is 5.82 Å². The van der Waals surface area contributed by atoms with E-state index < -0.39 is 0 Å². The van der Waals surface area contributed by atoms with E-state index in [1.165, 1.54) is 16.8 Å². The fourth-order valence-corrected chi connectivity index (χ4v) is 4.02. The van der Waals surface area contributed by atoms with E-state index in [1.54, 1.807) is 35.2 Å². The lowest BCUT2D eigenvalue weighted by Crippen LogP contribution is -2.33. The first-order valence-electron chi connectivity index (χ1n) is 9.87. The Bertz CT molecular complexity index is 1310. The van der Waals surface area contributed by atoms with Crippen LogP contribution in [0.1, 0.15) is 31.1 Å². The molecule has 1 fully saturated rings. The van der Waals surface area contributed by atoms with Gasteiger partial charge < -0.3 is 9.88 Å².